The Labute approximate surface area is 96.4 Å². The molecule has 0 aliphatic heterocycles. The average Bonchev–Trinajstić information content (AvgIpc) is 2.72. The Morgan fingerprint density at radius 3 is 3.12 bits per heavy atom. The molecule has 1 heterocycles. The van der Waals surface area contributed by atoms with Gasteiger partial charge in [0, 0.05) is 39.5 Å². The van der Waals surface area contributed by atoms with Gasteiger partial charge in [-0.3, -0.25) is 0 Å². The minimum absolute atomic E-state index is 0.208. The highest BCUT2D eigenvalue weighted by molar-refractivity contribution is 4.96. The van der Waals surface area contributed by atoms with Crippen LogP contribution in [0.4, 0.5) is 0 Å². The second kappa shape index (κ2) is 7.38. The number of methoxy groups -OCH3 is 1. The first-order valence-corrected chi connectivity index (χ1v) is 5.57. The van der Waals surface area contributed by atoms with Crippen molar-refractivity contribution in [1.29, 1.82) is 0 Å². The standard InChI is InChI=1S/C11H21N3O2/c1-10(8-15)6-14-7-11(13-9-14)5-12-3-4-16-2/h7,9-10,12,15H,3-6,8H2,1-2H3. The topological polar surface area (TPSA) is 59.3 Å². The largest absolute Gasteiger partial charge is 0.396 e. The molecule has 0 spiro atoms. The lowest BCUT2D eigenvalue weighted by Crippen LogP contribution is -2.18. The van der Waals surface area contributed by atoms with Crippen LogP contribution in [0, 0.1) is 5.92 Å². The molecule has 5 nitrogen and oxygen atoms in total. The zero-order valence-corrected chi connectivity index (χ0v) is 10.0. The fourth-order valence-corrected chi connectivity index (χ4v) is 1.41. The van der Waals surface area contributed by atoms with E-state index in [0.29, 0.717) is 6.61 Å². The van der Waals surface area contributed by atoms with Crippen LogP contribution in [-0.4, -0.2) is 41.5 Å². The number of nitrogens with zero attached hydrogens (tertiary/aromatic N) is 2. The number of rotatable bonds is 8. The minimum Gasteiger partial charge on any atom is -0.396 e. The summed E-state index contributed by atoms with van der Waals surface area (Å²) in [6.45, 7) is 5.32. The maximum Gasteiger partial charge on any atom is 0.0950 e. The van der Waals surface area contributed by atoms with Gasteiger partial charge in [-0.2, -0.15) is 0 Å². The molecule has 1 aromatic rings. The van der Waals surface area contributed by atoms with Crippen LogP contribution in [0.5, 0.6) is 0 Å². The van der Waals surface area contributed by atoms with Gasteiger partial charge in [-0.25, -0.2) is 4.98 Å². The fraction of sp³-hybridized carbons (Fsp3) is 0.727. The van der Waals surface area contributed by atoms with Crippen molar-refractivity contribution in [3.63, 3.8) is 0 Å². The number of ether oxygens (including phenoxy) is 1. The Hall–Kier alpha value is -0.910. The van der Waals surface area contributed by atoms with Crippen LogP contribution in [0.1, 0.15) is 12.6 Å². The van der Waals surface area contributed by atoms with Gasteiger partial charge in [0.05, 0.1) is 18.6 Å². The lowest BCUT2D eigenvalue weighted by Gasteiger charge is -2.07. The van der Waals surface area contributed by atoms with E-state index < -0.39 is 0 Å². The summed E-state index contributed by atoms with van der Waals surface area (Å²) in [4.78, 5) is 4.28. The van der Waals surface area contributed by atoms with Crippen LogP contribution in [-0.2, 0) is 17.8 Å². The van der Waals surface area contributed by atoms with Gasteiger partial charge < -0.3 is 19.7 Å². The van der Waals surface area contributed by atoms with E-state index in [9.17, 15) is 0 Å². The number of nitrogens with one attached hydrogen (secondary N) is 1. The van der Waals surface area contributed by atoms with Gasteiger partial charge in [-0.1, -0.05) is 6.92 Å². The monoisotopic (exact) mass is 227 g/mol. The summed E-state index contributed by atoms with van der Waals surface area (Å²) in [5, 5.41) is 12.2. The van der Waals surface area contributed by atoms with Crippen molar-refractivity contribution < 1.29 is 9.84 Å². The zero-order chi connectivity index (χ0) is 11.8. The number of aromatic nitrogens is 2. The van der Waals surface area contributed by atoms with Crippen LogP contribution in [0.15, 0.2) is 12.5 Å². The molecule has 16 heavy (non-hydrogen) atoms. The van der Waals surface area contributed by atoms with Crippen LogP contribution >= 0.6 is 0 Å². The molecule has 0 saturated carbocycles. The molecule has 0 bridgehead atoms. The third-order valence-electron chi connectivity index (χ3n) is 2.31. The average molecular weight is 227 g/mol. The maximum absolute atomic E-state index is 8.94. The predicted molar refractivity (Wildman–Crippen MR) is 62.1 cm³/mol. The number of hydrogen-bond donors (Lipinski definition) is 2. The highest BCUT2D eigenvalue weighted by atomic mass is 16.5. The van der Waals surface area contributed by atoms with Gasteiger partial charge in [-0.05, 0) is 5.92 Å². The first-order chi connectivity index (χ1) is 7.76. The van der Waals surface area contributed by atoms with Crippen LogP contribution in [0.25, 0.3) is 0 Å². The number of imidazole rings is 1. The first kappa shape index (κ1) is 13.2. The summed E-state index contributed by atoms with van der Waals surface area (Å²) in [6.07, 6.45) is 3.81. The van der Waals surface area contributed by atoms with Gasteiger partial charge >= 0.3 is 0 Å². The highest BCUT2D eigenvalue weighted by Gasteiger charge is 2.03. The Kier molecular flexibility index (Phi) is 6.07. The Balaban J connectivity index is 2.28. The lowest BCUT2D eigenvalue weighted by atomic mass is 10.2. The summed E-state index contributed by atoms with van der Waals surface area (Å²) >= 11 is 0. The molecule has 0 aliphatic carbocycles. The van der Waals surface area contributed by atoms with Crippen molar-refractivity contribution >= 4 is 0 Å². The van der Waals surface area contributed by atoms with E-state index in [1.165, 1.54) is 0 Å². The normalized spacial score (nSPS) is 12.9. The number of aliphatic hydroxyl groups is 1. The third-order valence-corrected chi connectivity index (χ3v) is 2.31. The highest BCUT2D eigenvalue weighted by Crippen LogP contribution is 2.01. The zero-order valence-electron chi connectivity index (χ0n) is 10.0. The van der Waals surface area contributed by atoms with Crippen LogP contribution < -0.4 is 5.32 Å². The molecular formula is C11H21N3O2. The van der Waals surface area contributed by atoms with E-state index in [0.717, 1.165) is 25.3 Å². The molecule has 1 unspecified atom stereocenters. The fourth-order valence-electron chi connectivity index (χ4n) is 1.41. The van der Waals surface area contributed by atoms with Crippen molar-refractivity contribution in [2.75, 3.05) is 26.9 Å². The Morgan fingerprint density at radius 2 is 2.44 bits per heavy atom. The summed E-state index contributed by atoms with van der Waals surface area (Å²) < 4.78 is 6.94. The van der Waals surface area contributed by atoms with Crippen molar-refractivity contribution in [2.24, 2.45) is 5.92 Å². The molecule has 0 saturated heterocycles. The molecule has 92 valence electrons. The van der Waals surface area contributed by atoms with Crippen molar-refractivity contribution in [2.45, 2.75) is 20.0 Å². The van der Waals surface area contributed by atoms with E-state index in [4.69, 9.17) is 9.84 Å². The predicted octanol–water partition coefficient (Wildman–Crippen LogP) is 0.247. The lowest BCUT2D eigenvalue weighted by molar-refractivity contribution is 0.199. The Bertz CT molecular complexity index is 289. The smallest absolute Gasteiger partial charge is 0.0950 e. The maximum atomic E-state index is 8.94. The van der Waals surface area contributed by atoms with Crippen LogP contribution in [0.3, 0.4) is 0 Å². The van der Waals surface area contributed by atoms with Crippen molar-refractivity contribution in [3.8, 4) is 0 Å². The van der Waals surface area contributed by atoms with E-state index in [1.807, 2.05) is 17.7 Å². The van der Waals surface area contributed by atoms with E-state index in [1.54, 1.807) is 13.4 Å². The van der Waals surface area contributed by atoms with Gasteiger partial charge in [0.1, 0.15) is 0 Å². The summed E-state index contributed by atoms with van der Waals surface area (Å²) in [7, 11) is 1.69. The van der Waals surface area contributed by atoms with Crippen molar-refractivity contribution in [3.05, 3.63) is 18.2 Å². The van der Waals surface area contributed by atoms with Crippen LogP contribution in [0.2, 0.25) is 0 Å². The van der Waals surface area contributed by atoms with Gasteiger partial charge in [-0.15, -0.1) is 0 Å². The molecular weight excluding hydrogens is 206 g/mol. The number of aliphatic hydroxyl groups excluding tert-OH is 1. The molecule has 0 aromatic carbocycles. The molecule has 1 aromatic heterocycles. The summed E-state index contributed by atoms with van der Waals surface area (Å²) in [5.74, 6) is 0.267. The molecule has 0 aliphatic rings. The SMILES string of the molecule is COCCNCc1cn(CC(C)CO)cn1. The van der Waals surface area contributed by atoms with E-state index in [-0.39, 0.29) is 12.5 Å². The molecule has 1 rings (SSSR count). The Morgan fingerprint density at radius 1 is 1.62 bits per heavy atom. The quantitative estimate of drug-likeness (QED) is 0.625. The third kappa shape index (κ3) is 4.74. The summed E-state index contributed by atoms with van der Waals surface area (Å²) in [6, 6.07) is 0. The molecule has 0 fully saturated rings. The molecule has 0 amide bonds. The minimum atomic E-state index is 0.208. The molecule has 2 N–H and O–H groups in total. The van der Waals surface area contributed by atoms with E-state index >= 15 is 0 Å². The second-order valence-electron chi connectivity index (χ2n) is 4.02. The summed E-state index contributed by atoms with van der Waals surface area (Å²) in [5.41, 5.74) is 1.02. The van der Waals surface area contributed by atoms with Gasteiger partial charge in [0.15, 0.2) is 0 Å². The number of hydrogen-bond acceptors (Lipinski definition) is 4. The van der Waals surface area contributed by atoms with E-state index in [2.05, 4.69) is 10.3 Å². The van der Waals surface area contributed by atoms with Gasteiger partial charge in [0.2, 0.25) is 0 Å². The second-order valence-corrected chi connectivity index (χ2v) is 4.02. The molecule has 1 atom stereocenters. The first-order valence-electron chi connectivity index (χ1n) is 5.57. The molecule has 5 heteroatoms. The van der Waals surface area contributed by atoms with Crippen molar-refractivity contribution in [1.82, 2.24) is 14.9 Å². The van der Waals surface area contributed by atoms with Gasteiger partial charge in [0.25, 0.3) is 0 Å². The molecule has 0 radical (unpaired) electrons.